The molecule has 2 heterocycles. The first-order valence-electron chi connectivity index (χ1n) is 10.2. The molecule has 28 heavy (non-hydrogen) atoms. The Bertz CT molecular complexity index is 841. The van der Waals surface area contributed by atoms with Crippen LogP contribution in [0.3, 0.4) is 0 Å². The van der Waals surface area contributed by atoms with Gasteiger partial charge in [0.15, 0.2) is 0 Å². The molecule has 0 spiro atoms. The lowest BCUT2D eigenvalue weighted by Crippen LogP contribution is -2.52. The van der Waals surface area contributed by atoms with Crippen molar-refractivity contribution >= 4 is 10.2 Å². The lowest BCUT2D eigenvalue weighted by atomic mass is 9.89. The van der Waals surface area contributed by atoms with Gasteiger partial charge in [-0.15, -0.1) is 0 Å². The van der Waals surface area contributed by atoms with E-state index >= 15 is 0 Å². The second-order valence-electron chi connectivity index (χ2n) is 8.52. The van der Waals surface area contributed by atoms with Crippen LogP contribution in [0.25, 0.3) is 0 Å². The highest BCUT2D eigenvalue weighted by molar-refractivity contribution is 7.87. The van der Waals surface area contributed by atoms with Crippen molar-refractivity contribution in [2.24, 2.45) is 5.92 Å². The highest BCUT2D eigenvalue weighted by atomic mass is 32.2. The molecule has 7 nitrogen and oxygen atoms in total. The van der Waals surface area contributed by atoms with Crippen molar-refractivity contribution < 1.29 is 13.2 Å². The smallest absolute Gasteiger partial charge is 0.279 e. The summed E-state index contributed by atoms with van der Waals surface area (Å²) in [6.07, 6.45) is 5.85. The minimum absolute atomic E-state index is 0.0582. The van der Waals surface area contributed by atoms with Gasteiger partial charge in [0.1, 0.15) is 0 Å². The molecule has 1 fully saturated rings. The van der Waals surface area contributed by atoms with Crippen molar-refractivity contribution in [3.05, 3.63) is 33.7 Å². The topological polar surface area (TPSA) is 80.6 Å². The molecule has 1 N–H and O–H groups in total. The number of pyridine rings is 1. The van der Waals surface area contributed by atoms with Gasteiger partial charge < -0.3 is 9.30 Å². The molecule has 2 aliphatic rings. The number of hydrogen-bond acceptors (Lipinski definition) is 4. The molecule has 1 aromatic heterocycles. The summed E-state index contributed by atoms with van der Waals surface area (Å²) in [5, 5.41) is 0. The summed E-state index contributed by atoms with van der Waals surface area (Å²) >= 11 is 0. The van der Waals surface area contributed by atoms with Gasteiger partial charge in [0.2, 0.25) is 0 Å². The molecule has 1 aliphatic carbocycles. The summed E-state index contributed by atoms with van der Waals surface area (Å²) in [7, 11) is -0.586. The molecule has 2 atom stereocenters. The molecular formula is C20H33N3O4S. The Kier molecular flexibility index (Phi) is 6.64. The molecule has 1 aliphatic heterocycles. The Morgan fingerprint density at radius 2 is 1.86 bits per heavy atom. The van der Waals surface area contributed by atoms with Gasteiger partial charge in [-0.1, -0.05) is 13.0 Å². The number of aryl methyl sites for hydroxylation is 2. The van der Waals surface area contributed by atoms with Gasteiger partial charge in [0, 0.05) is 31.4 Å². The maximum absolute atomic E-state index is 12.9. The normalized spacial score (nSPS) is 28.3. The van der Waals surface area contributed by atoms with Crippen LogP contribution in [-0.4, -0.2) is 50.1 Å². The van der Waals surface area contributed by atoms with E-state index in [4.69, 9.17) is 4.74 Å². The molecule has 0 radical (unpaired) electrons. The summed E-state index contributed by atoms with van der Waals surface area (Å²) in [4.78, 5) is 12.9. The van der Waals surface area contributed by atoms with Crippen LogP contribution in [0.2, 0.25) is 0 Å². The van der Waals surface area contributed by atoms with Gasteiger partial charge >= 0.3 is 0 Å². The maximum Gasteiger partial charge on any atom is 0.279 e. The summed E-state index contributed by atoms with van der Waals surface area (Å²) in [6, 6.07) is 3.11. The maximum atomic E-state index is 12.9. The quantitative estimate of drug-likeness (QED) is 0.776. The van der Waals surface area contributed by atoms with Gasteiger partial charge in [-0.2, -0.15) is 17.4 Å². The van der Waals surface area contributed by atoms with E-state index in [0.717, 1.165) is 37.3 Å². The van der Waals surface area contributed by atoms with E-state index in [1.54, 1.807) is 11.5 Å². The molecular weight excluding hydrogens is 378 g/mol. The number of fused-ring (bicyclic) bond motifs is 1. The standard InChI is InChI=1S/C20H33N3O4S/c1-14-5-10-17(11-6-14)27-13-19-18(21-28(25,26)22(3)4)12-9-16-8-7-15(2)20(24)23(16)19/h7-8,14,17-19,21H,5-6,9-13H2,1-4H3/t14?,17?,18-,19-/m0/s1. The third kappa shape index (κ3) is 4.67. The number of aromatic nitrogens is 1. The number of nitrogens with one attached hydrogen (secondary N) is 1. The van der Waals surface area contributed by atoms with Crippen molar-refractivity contribution in [1.29, 1.82) is 0 Å². The molecule has 158 valence electrons. The van der Waals surface area contributed by atoms with Crippen LogP contribution in [0.5, 0.6) is 0 Å². The number of hydrogen-bond donors (Lipinski definition) is 1. The summed E-state index contributed by atoms with van der Waals surface area (Å²) < 4.78 is 36.8. The minimum Gasteiger partial charge on any atom is -0.376 e. The van der Waals surface area contributed by atoms with Crippen molar-refractivity contribution in [3.8, 4) is 0 Å². The third-order valence-corrected chi connectivity index (χ3v) is 7.71. The molecule has 0 saturated heterocycles. The van der Waals surface area contributed by atoms with E-state index in [9.17, 15) is 13.2 Å². The SMILES string of the molecule is Cc1ccc2n(c1=O)[C@@H](COC1CCC(C)CC1)[C@@H](NS(=O)(=O)N(C)C)CC2. The monoisotopic (exact) mass is 411 g/mol. The highest BCUT2D eigenvalue weighted by Gasteiger charge is 2.34. The van der Waals surface area contributed by atoms with Crippen LogP contribution in [0.15, 0.2) is 16.9 Å². The molecule has 3 rings (SSSR count). The zero-order chi connectivity index (χ0) is 20.5. The number of nitrogens with zero attached hydrogens (tertiary/aromatic N) is 2. The molecule has 8 heteroatoms. The van der Waals surface area contributed by atoms with E-state index in [-0.39, 0.29) is 23.7 Å². The molecule has 1 saturated carbocycles. The predicted molar refractivity (Wildman–Crippen MR) is 110 cm³/mol. The highest BCUT2D eigenvalue weighted by Crippen LogP contribution is 2.29. The van der Waals surface area contributed by atoms with Gasteiger partial charge in [-0.05, 0) is 57.4 Å². The average Bonchev–Trinajstić information content (AvgIpc) is 2.64. The Morgan fingerprint density at radius 3 is 2.50 bits per heavy atom. The summed E-state index contributed by atoms with van der Waals surface area (Å²) in [5.74, 6) is 0.736. The lowest BCUT2D eigenvalue weighted by molar-refractivity contribution is -0.00546. The van der Waals surface area contributed by atoms with Crippen molar-refractivity contribution in [3.63, 3.8) is 0 Å². The van der Waals surface area contributed by atoms with Crippen LogP contribution in [0, 0.1) is 12.8 Å². The Labute approximate surface area is 168 Å². The fraction of sp³-hybridized carbons (Fsp3) is 0.750. The van der Waals surface area contributed by atoms with Crippen LogP contribution in [-0.2, 0) is 21.4 Å². The number of rotatable bonds is 6. The molecule has 1 aromatic rings. The van der Waals surface area contributed by atoms with Gasteiger partial charge in [-0.3, -0.25) is 4.79 Å². The summed E-state index contributed by atoms with van der Waals surface area (Å²) in [6.45, 7) is 4.40. The lowest BCUT2D eigenvalue weighted by Gasteiger charge is -2.37. The van der Waals surface area contributed by atoms with Crippen molar-refractivity contribution in [2.45, 2.75) is 70.6 Å². The fourth-order valence-corrected chi connectivity index (χ4v) is 5.06. The van der Waals surface area contributed by atoms with E-state index < -0.39 is 10.2 Å². The van der Waals surface area contributed by atoms with Gasteiger partial charge in [-0.25, -0.2) is 0 Å². The largest absolute Gasteiger partial charge is 0.376 e. The van der Waals surface area contributed by atoms with Crippen molar-refractivity contribution in [1.82, 2.24) is 13.6 Å². The van der Waals surface area contributed by atoms with E-state index in [0.29, 0.717) is 25.0 Å². The van der Waals surface area contributed by atoms with Crippen LogP contribution < -0.4 is 10.3 Å². The summed E-state index contributed by atoms with van der Waals surface area (Å²) in [5.41, 5.74) is 1.55. The van der Waals surface area contributed by atoms with E-state index in [2.05, 4.69) is 11.6 Å². The first kappa shape index (κ1) is 21.5. The van der Waals surface area contributed by atoms with Gasteiger partial charge in [0.25, 0.3) is 15.8 Å². The first-order chi connectivity index (χ1) is 13.2. The Balaban J connectivity index is 1.85. The molecule has 0 unspecified atom stereocenters. The Hall–Kier alpha value is -1.22. The Morgan fingerprint density at radius 1 is 1.18 bits per heavy atom. The first-order valence-corrected chi connectivity index (χ1v) is 11.7. The van der Waals surface area contributed by atoms with E-state index in [1.807, 2.05) is 12.1 Å². The molecule has 0 bridgehead atoms. The van der Waals surface area contributed by atoms with Crippen LogP contribution in [0.4, 0.5) is 0 Å². The molecule has 0 amide bonds. The second-order valence-corrected chi connectivity index (χ2v) is 10.4. The second kappa shape index (κ2) is 8.65. The fourth-order valence-electron chi connectivity index (χ4n) is 4.19. The van der Waals surface area contributed by atoms with Crippen LogP contribution in [0.1, 0.15) is 56.3 Å². The third-order valence-electron chi connectivity index (χ3n) is 6.15. The van der Waals surface area contributed by atoms with Crippen LogP contribution >= 0.6 is 0 Å². The zero-order valence-electron chi connectivity index (χ0n) is 17.3. The average molecular weight is 412 g/mol. The molecule has 0 aromatic carbocycles. The number of ether oxygens (including phenoxy) is 1. The minimum atomic E-state index is -3.59. The predicted octanol–water partition coefficient (Wildman–Crippen LogP) is 2.00. The van der Waals surface area contributed by atoms with E-state index in [1.165, 1.54) is 18.4 Å². The van der Waals surface area contributed by atoms with Gasteiger partial charge in [0.05, 0.1) is 18.8 Å². The van der Waals surface area contributed by atoms with Crippen molar-refractivity contribution in [2.75, 3.05) is 20.7 Å². The zero-order valence-corrected chi connectivity index (χ0v) is 18.2.